The highest BCUT2D eigenvalue weighted by atomic mass is 32.1. The molecule has 3 aromatic rings. The summed E-state index contributed by atoms with van der Waals surface area (Å²) in [6, 6.07) is 7.99. The fourth-order valence-electron chi connectivity index (χ4n) is 3.06. The van der Waals surface area contributed by atoms with Gasteiger partial charge in [0.1, 0.15) is 11.5 Å². The molecular formula is C18H19N3O2S. The van der Waals surface area contributed by atoms with Crippen LogP contribution in [0.25, 0.3) is 10.7 Å². The van der Waals surface area contributed by atoms with E-state index in [1.54, 1.807) is 11.3 Å². The average Bonchev–Trinajstić information content (AvgIpc) is 3.26. The molecule has 0 fully saturated rings. The second-order valence-electron chi connectivity index (χ2n) is 6.00. The molecule has 0 atom stereocenters. The Labute approximate surface area is 144 Å². The van der Waals surface area contributed by atoms with Gasteiger partial charge in [0, 0.05) is 25.9 Å². The molecule has 1 aliphatic heterocycles. The summed E-state index contributed by atoms with van der Waals surface area (Å²) in [5.74, 6) is 2.64. The Morgan fingerprint density at radius 3 is 2.96 bits per heavy atom. The predicted octanol–water partition coefficient (Wildman–Crippen LogP) is 3.21. The molecule has 0 amide bonds. The second-order valence-corrected chi connectivity index (χ2v) is 6.95. The smallest absolute Gasteiger partial charge is 0.255 e. The van der Waals surface area contributed by atoms with Crippen LogP contribution in [0.15, 0.2) is 38.9 Å². The molecule has 5 nitrogen and oxygen atoms in total. The Balaban J connectivity index is 1.56. The number of hydrogen-bond acceptors (Lipinski definition) is 5. The average molecular weight is 341 g/mol. The van der Waals surface area contributed by atoms with Crippen molar-refractivity contribution in [1.82, 2.24) is 14.9 Å². The van der Waals surface area contributed by atoms with E-state index in [1.807, 2.05) is 29.6 Å². The van der Waals surface area contributed by atoms with Crippen LogP contribution in [0, 0.1) is 0 Å². The van der Waals surface area contributed by atoms with Crippen LogP contribution in [-0.4, -0.2) is 21.4 Å². The number of aryl methyl sites for hydroxylation is 1. The molecular weight excluding hydrogens is 322 g/mol. The first-order valence-electron chi connectivity index (χ1n) is 8.19. The summed E-state index contributed by atoms with van der Waals surface area (Å²) >= 11 is 1.59. The van der Waals surface area contributed by atoms with E-state index < -0.39 is 0 Å². The van der Waals surface area contributed by atoms with Crippen LogP contribution < -0.4 is 5.56 Å². The van der Waals surface area contributed by atoms with Gasteiger partial charge in [0.25, 0.3) is 5.56 Å². The number of nitrogens with zero attached hydrogens (tertiary/aromatic N) is 2. The summed E-state index contributed by atoms with van der Waals surface area (Å²) in [6.45, 7) is 4.31. The normalized spacial score (nSPS) is 14.7. The monoisotopic (exact) mass is 341 g/mol. The minimum atomic E-state index is -0.0261. The van der Waals surface area contributed by atoms with Gasteiger partial charge in [-0.25, -0.2) is 4.98 Å². The Morgan fingerprint density at radius 2 is 2.21 bits per heavy atom. The Hall–Kier alpha value is -2.18. The van der Waals surface area contributed by atoms with Gasteiger partial charge < -0.3 is 9.40 Å². The molecule has 0 spiro atoms. The molecule has 4 heterocycles. The first-order chi connectivity index (χ1) is 11.7. The zero-order valence-electron chi connectivity index (χ0n) is 13.5. The SMILES string of the molecule is CCc1ccc(CN2CCc3nc(-c4cccs4)[nH]c(=O)c3C2)o1. The lowest BCUT2D eigenvalue weighted by Crippen LogP contribution is -2.35. The van der Waals surface area contributed by atoms with Crippen molar-refractivity contribution in [3.8, 4) is 10.7 Å². The molecule has 1 N–H and O–H groups in total. The number of aromatic amines is 1. The minimum absolute atomic E-state index is 0.0261. The zero-order chi connectivity index (χ0) is 16.5. The number of hydrogen-bond donors (Lipinski definition) is 1. The predicted molar refractivity (Wildman–Crippen MR) is 94.1 cm³/mol. The molecule has 0 unspecified atom stereocenters. The van der Waals surface area contributed by atoms with Crippen LogP contribution in [-0.2, 0) is 25.9 Å². The van der Waals surface area contributed by atoms with E-state index in [1.165, 1.54) is 0 Å². The quantitative estimate of drug-likeness (QED) is 0.791. The van der Waals surface area contributed by atoms with Gasteiger partial charge in [-0.2, -0.15) is 0 Å². The maximum absolute atomic E-state index is 12.5. The Morgan fingerprint density at radius 1 is 1.33 bits per heavy atom. The van der Waals surface area contributed by atoms with E-state index in [0.29, 0.717) is 12.4 Å². The van der Waals surface area contributed by atoms with E-state index in [0.717, 1.165) is 53.6 Å². The number of furan rings is 1. The highest BCUT2D eigenvalue weighted by Crippen LogP contribution is 2.23. The van der Waals surface area contributed by atoms with Gasteiger partial charge in [-0.1, -0.05) is 13.0 Å². The lowest BCUT2D eigenvalue weighted by Gasteiger charge is -2.26. The molecule has 6 heteroatoms. The lowest BCUT2D eigenvalue weighted by atomic mass is 10.1. The second kappa shape index (κ2) is 6.37. The van der Waals surface area contributed by atoms with Crippen molar-refractivity contribution in [2.75, 3.05) is 6.54 Å². The number of rotatable bonds is 4. The fourth-order valence-corrected chi connectivity index (χ4v) is 3.73. The molecule has 4 rings (SSSR count). The lowest BCUT2D eigenvalue weighted by molar-refractivity contribution is 0.221. The highest BCUT2D eigenvalue weighted by molar-refractivity contribution is 7.13. The van der Waals surface area contributed by atoms with Crippen LogP contribution in [0.1, 0.15) is 29.7 Å². The van der Waals surface area contributed by atoms with E-state index >= 15 is 0 Å². The number of thiophene rings is 1. The summed E-state index contributed by atoms with van der Waals surface area (Å²) in [6.07, 6.45) is 1.69. The Kier molecular flexibility index (Phi) is 4.08. The number of aromatic nitrogens is 2. The van der Waals surface area contributed by atoms with Gasteiger partial charge in [-0.15, -0.1) is 11.3 Å². The third-order valence-electron chi connectivity index (χ3n) is 4.35. The molecule has 0 saturated carbocycles. The van der Waals surface area contributed by atoms with Gasteiger partial charge in [-0.3, -0.25) is 9.69 Å². The molecule has 0 saturated heterocycles. The van der Waals surface area contributed by atoms with Gasteiger partial charge >= 0.3 is 0 Å². The van der Waals surface area contributed by atoms with Crippen LogP contribution in [0.3, 0.4) is 0 Å². The topological polar surface area (TPSA) is 62.1 Å². The van der Waals surface area contributed by atoms with Crippen LogP contribution in [0.4, 0.5) is 0 Å². The van der Waals surface area contributed by atoms with Gasteiger partial charge in [0.05, 0.1) is 22.7 Å². The standard InChI is InChI=1S/C18H19N3O2S/c1-2-12-5-6-13(23-12)10-21-8-7-15-14(11-21)18(22)20-17(19-15)16-4-3-9-24-16/h3-6,9H,2,7-8,10-11H2,1H3,(H,19,20,22). The van der Waals surface area contributed by atoms with Crippen LogP contribution >= 0.6 is 11.3 Å². The summed E-state index contributed by atoms with van der Waals surface area (Å²) in [5.41, 5.74) is 1.68. The minimum Gasteiger partial charge on any atom is -0.465 e. The van der Waals surface area contributed by atoms with Crippen molar-refractivity contribution in [3.63, 3.8) is 0 Å². The van der Waals surface area contributed by atoms with Gasteiger partial charge in [0.15, 0.2) is 5.82 Å². The number of H-pyrrole nitrogens is 1. The zero-order valence-corrected chi connectivity index (χ0v) is 14.4. The molecule has 0 aliphatic carbocycles. The summed E-state index contributed by atoms with van der Waals surface area (Å²) in [4.78, 5) is 23.3. The molecule has 0 radical (unpaired) electrons. The Bertz CT molecular complexity index is 895. The first-order valence-corrected chi connectivity index (χ1v) is 9.07. The fraction of sp³-hybridized carbons (Fsp3) is 0.333. The van der Waals surface area contributed by atoms with E-state index in [4.69, 9.17) is 4.42 Å². The van der Waals surface area contributed by atoms with Gasteiger partial charge in [-0.05, 0) is 23.6 Å². The summed E-state index contributed by atoms with van der Waals surface area (Å²) < 4.78 is 5.78. The number of fused-ring (bicyclic) bond motifs is 1. The van der Waals surface area contributed by atoms with Crippen molar-refractivity contribution in [2.24, 2.45) is 0 Å². The van der Waals surface area contributed by atoms with Crippen molar-refractivity contribution in [2.45, 2.75) is 32.9 Å². The largest absolute Gasteiger partial charge is 0.465 e. The third-order valence-corrected chi connectivity index (χ3v) is 5.22. The third kappa shape index (κ3) is 2.95. The molecule has 1 aliphatic rings. The van der Waals surface area contributed by atoms with E-state index in [9.17, 15) is 4.79 Å². The first kappa shape index (κ1) is 15.4. The molecule has 124 valence electrons. The van der Waals surface area contributed by atoms with Crippen molar-refractivity contribution >= 4 is 11.3 Å². The summed E-state index contributed by atoms with van der Waals surface area (Å²) in [7, 11) is 0. The summed E-state index contributed by atoms with van der Waals surface area (Å²) in [5, 5.41) is 1.99. The van der Waals surface area contributed by atoms with Crippen molar-refractivity contribution < 1.29 is 4.42 Å². The maximum atomic E-state index is 12.5. The molecule has 0 bridgehead atoms. The van der Waals surface area contributed by atoms with Crippen molar-refractivity contribution in [3.05, 3.63) is 62.8 Å². The number of nitrogens with one attached hydrogen (secondary N) is 1. The maximum Gasteiger partial charge on any atom is 0.255 e. The van der Waals surface area contributed by atoms with E-state index in [2.05, 4.69) is 21.8 Å². The highest BCUT2D eigenvalue weighted by Gasteiger charge is 2.22. The molecule has 0 aromatic carbocycles. The van der Waals surface area contributed by atoms with Crippen LogP contribution in [0.2, 0.25) is 0 Å². The van der Waals surface area contributed by atoms with Crippen LogP contribution in [0.5, 0.6) is 0 Å². The van der Waals surface area contributed by atoms with Crippen molar-refractivity contribution in [1.29, 1.82) is 0 Å². The molecule has 3 aromatic heterocycles. The molecule has 24 heavy (non-hydrogen) atoms. The van der Waals surface area contributed by atoms with Gasteiger partial charge in [0.2, 0.25) is 0 Å². The van der Waals surface area contributed by atoms with E-state index in [-0.39, 0.29) is 5.56 Å².